The average Bonchev–Trinajstić information content (AvgIpc) is 2.29. The lowest BCUT2D eigenvalue weighted by molar-refractivity contribution is -0.0108. The first-order valence-corrected chi connectivity index (χ1v) is 6.18. The highest BCUT2D eigenvalue weighted by atomic mass is 16.5. The fourth-order valence-electron chi connectivity index (χ4n) is 1.50. The Morgan fingerprint density at radius 1 is 0.824 bits per heavy atom. The summed E-state index contributed by atoms with van der Waals surface area (Å²) >= 11 is 0. The van der Waals surface area contributed by atoms with Crippen LogP contribution in [0, 0.1) is 11.8 Å². The highest BCUT2D eigenvalue weighted by Gasteiger charge is 2.17. The molecule has 0 aromatic rings. The van der Waals surface area contributed by atoms with Gasteiger partial charge in [-0.25, -0.2) is 0 Å². The number of rotatable bonds is 10. The summed E-state index contributed by atoms with van der Waals surface area (Å²) in [6.07, 6.45) is -0.407. The van der Waals surface area contributed by atoms with Crippen LogP contribution in [0.25, 0.3) is 0 Å². The Bertz CT molecular complexity index is 158. The van der Waals surface area contributed by atoms with Gasteiger partial charge in [0.15, 0.2) is 0 Å². The third-order valence-corrected chi connectivity index (χ3v) is 2.92. The topological polar surface area (TPSA) is 90.2 Å². The van der Waals surface area contributed by atoms with Gasteiger partial charge < -0.3 is 25.2 Å². The Hall–Kier alpha value is -0.200. The van der Waals surface area contributed by atoms with Crippen LogP contribution >= 0.6 is 0 Å². The van der Waals surface area contributed by atoms with Crippen molar-refractivity contribution in [3.8, 4) is 0 Å². The number of aliphatic hydroxyl groups excluding tert-OH is 4. The van der Waals surface area contributed by atoms with E-state index in [0.717, 1.165) is 0 Å². The molecule has 0 spiro atoms. The summed E-state index contributed by atoms with van der Waals surface area (Å²) in [4.78, 5) is 0. The maximum atomic E-state index is 9.55. The van der Waals surface area contributed by atoms with Crippen LogP contribution in [-0.2, 0) is 4.74 Å². The highest BCUT2D eigenvalue weighted by Crippen LogP contribution is 2.10. The standard InChI is InChI=1S/C12H26O5/c1-9(11(15)3-5-13)7-17-8-10(2)12(16)4-6-14/h9-16H,3-8H2,1-2H3. The predicted octanol–water partition coefficient (Wildman–Crippen LogP) is -0.238. The Morgan fingerprint density at radius 3 is 1.47 bits per heavy atom. The minimum Gasteiger partial charge on any atom is -0.396 e. The minimum absolute atomic E-state index is 0.0306. The van der Waals surface area contributed by atoms with E-state index in [1.807, 2.05) is 13.8 Å². The molecule has 5 nitrogen and oxygen atoms in total. The first-order valence-electron chi connectivity index (χ1n) is 6.18. The third-order valence-electron chi connectivity index (χ3n) is 2.92. The maximum Gasteiger partial charge on any atom is 0.0609 e. The SMILES string of the molecule is CC(COCC(C)C(O)CCO)C(O)CCO. The Labute approximate surface area is 103 Å². The van der Waals surface area contributed by atoms with Gasteiger partial charge in [-0.2, -0.15) is 0 Å². The van der Waals surface area contributed by atoms with Crippen molar-refractivity contribution in [2.75, 3.05) is 26.4 Å². The van der Waals surface area contributed by atoms with Gasteiger partial charge in [0.2, 0.25) is 0 Å². The lowest BCUT2D eigenvalue weighted by Gasteiger charge is -2.21. The zero-order valence-electron chi connectivity index (χ0n) is 10.7. The molecule has 0 heterocycles. The largest absolute Gasteiger partial charge is 0.396 e. The number of aliphatic hydroxyl groups is 4. The summed E-state index contributed by atoms with van der Waals surface area (Å²) in [5.74, 6) is -0.0753. The molecule has 4 atom stereocenters. The Balaban J connectivity index is 3.68. The summed E-state index contributed by atoms with van der Waals surface area (Å²) in [5.41, 5.74) is 0. The first-order chi connectivity index (χ1) is 8.02. The van der Waals surface area contributed by atoms with Crippen LogP contribution in [0.3, 0.4) is 0 Å². The predicted molar refractivity (Wildman–Crippen MR) is 64.6 cm³/mol. The van der Waals surface area contributed by atoms with E-state index in [2.05, 4.69) is 0 Å². The molecular weight excluding hydrogens is 224 g/mol. The maximum absolute atomic E-state index is 9.55. The van der Waals surface area contributed by atoms with E-state index in [9.17, 15) is 10.2 Å². The lowest BCUT2D eigenvalue weighted by atomic mass is 10.0. The van der Waals surface area contributed by atoms with Crippen LogP contribution in [0.15, 0.2) is 0 Å². The van der Waals surface area contributed by atoms with Crippen LogP contribution in [0.2, 0.25) is 0 Å². The van der Waals surface area contributed by atoms with Crippen molar-refractivity contribution in [1.29, 1.82) is 0 Å². The highest BCUT2D eigenvalue weighted by molar-refractivity contribution is 4.66. The molecule has 0 rings (SSSR count). The van der Waals surface area contributed by atoms with Crippen molar-refractivity contribution in [3.05, 3.63) is 0 Å². The number of ether oxygens (including phenoxy) is 1. The molecule has 0 aromatic heterocycles. The van der Waals surface area contributed by atoms with Gasteiger partial charge in [-0.15, -0.1) is 0 Å². The molecule has 104 valence electrons. The van der Waals surface area contributed by atoms with Crippen molar-refractivity contribution < 1.29 is 25.2 Å². The quantitative estimate of drug-likeness (QED) is 0.430. The van der Waals surface area contributed by atoms with E-state index in [0.29, 0.717) is 26.1 Å². The van der Waals surface area contributed by atoms with Gasteiger partial charge in [0, 0.05) is 25.0 Å². The van der Waals surface area contributed by atoms with Crippen molar-refractivity contribution in [2.24, 2.45) is 11.8 Å². The van der Waals surface area contributed by atoms with Gasteiger partial charge in [0.25, 0.3) is 0 Å². The molecule has 0 bridgehead atoms. The van der Waals surface area contributed by atoms with Crippen LogP contribution in [0.5, 0.6) is 0 Å². The smallest absolute Gasteiger partial charge is 0.0609 e. The zero-order valence-corrected chi connectivity index (χ0v) is 10.7. The molecule has 0 saturated carbocycles. The van der Waals surface area contributed by atoms with Gasteiger partial charge >= 0.3 is 0 Å². The fraction of sp³-hybridized carbons (Fsp3) is 1.00. The average molecular weight is 250 g/mol. The molecule has 0 aromatic carbocycles. The molecule has 4 unspecified atom stereocenters. The molecular formula is C12H26O5. The summed E-state index contributed by atoms with van der Waals surface area (Å²) in [6, 6.07) is 0. The van der Waals surface area contributed by atoms with E-state index < -0.39 is 12.2 Å². The van der Waals surface area contributed by atoms with E-state index in [4.69, 9.17) is 14.9 Å². The van der Waals surface area contributed by atoms with Gasteiger partial charge in [-0.05, 0) is 12.8 Å². The van der Waals surface area contributed by atoms with Crippen LogP contribution in [0.1, 0.15) is 26.7 Å². The summed E-state index contributed by atoms with van der Waals surface area (Å²) < 4.78 is 5.41. The van der Waals surface area contributed by atoms with Crippen LogP contribution < -0.4 is 0 Å². The molecule has 0 radical (unpaired) electrons. The molecule has 0 aliphatic rings. The van der Waals surface area contributed by atoms with Crippen LogP contribution in [0.4, 0.5) is 0 Å². The summed E-state index contributed by atoms with van der Waals surface area (Å²) in [5, 5.41) is 36.5. The normalized spacial score (nSPS) is 18.7. The number of hydrogen-bond donors (Lipinski definition) is 4. The van der Waals surface area contributed by atoms with Crippen molar-refractivity contribution in [2.45, 2.75) is 38.9 Å². The molecule has 0 aliphatic heterocycles. The van der Waals surface area contributed by atoms with Gasteiger partial charge in [-0.1, -0.05) is 13.8 Å². The lowest BCUT2D eigenvalue weighted by Crippen LogP contribution is -2.27. The van der Waals surface area contributed by atoms with E-state index >= 15 is 0 Å². The monoisotopic (exact) mass is 250 g/mol. The summed E-state index contributed by atoms with van der Waals surface area (Å²) in [6.45, 7) is 4.45. The van der Waals surface area contributed by atoms with Gasteiger partial charge in [0.05, 0.1) is 25.4 Å². The minimum atomic E-state index is -0.558. The van der Waals surface area contributed by atoms with Gasteiger partial charge in [0.1, 0.15) is 0 Å². The van der Waals surface area contributed by atoms with Crippen LogP contribution in [-0.4, -0.2) is 59.1 Å². The zero-order chi connectivity index (χ0) is 13.3. The number of hydrogen-bond acceptors (Lipinski definition) is 5. The Morgan fingerprint density at radius 2 is 1.18 bits per heavy atom. The van der Waals surface area contributed by atoms with Gasteiger partial charge in [-0.3, -0.25) is 0 Å². The molecule has 4 N–H and O–H groups in total. The molecule has 5 heteroatoms. The second-order valence-corrected chi connectivity index (χ2v) is 4.65. The molecule has 0 saturated heterocycles. The third kappa shape index (κ3) is 7.68. The summed E-state index contributed by atoms with van der Waals surface area (Å²) in [7, 11) is 0. The first kappa shape index (κ1) is 16.8. The second kappa shape index (κ2) is 9.79. The fourth-order valence-corrected chi connectivity index (χ4v) is 1.50. The molecule has 17 heavy (non-hydrogen) atoms. The van der Waals surface area contributed by atoms with E-state index in [1.165, 1.54) is 0 Å². The Kier molecular flexibility index (Phi) is 9.68. The molecule has 0 fully saturated rings. The van der Waals surface area contributed by atoms with Crippen molar-refractivity contribution in [1.82, 2.24) is 0 Å². The second-order valence-electron chi connectivity index (χ2n) is 4.65. The molecule has 0 aliphatic carbocycles. The van der Waals surface area contributed by atoms with Crippen molar-refractivity contribution in [3.63, 3.8) is 0 Å². The van der Waals surface area contributed by atoms with Crippen molar-refractivity contribution >= 4 is 0 Å². The molecule has 0 amide bonds. The van der Waals surface area contributed by atoms with E-state index in [-0.39, 0.29) is 25.0 Å². The van der Waals surface area contributed by atoms with E-state index in [1.54, 1.807) is 0 Å².